The van der Waals surface area contributed by atoms with Crippen LogP contribution in [0, 0.1) is 0 Å². The summed E-state index contributed by atoms with van der Waals surface area (Å²) >= 11 is 12.3. The van der Waals surface area contributed by atoms with E-state index in [0.717, 1.165) is 5.69 Å². The average molecular weight is 374 g/mol. The first kappa shape index (κ1) is 16.1. The Balaban J connectivity index is 1.62. The molecular formula is C17H13Cl2N5O. The Morgan fingerprint density at radius 2 is 1.80 bits per heavy atom. The van der Waals surface area contributed by atoms with Crippen LogP contribution in [0.2, 0.25) is 10.0 Å². The third kappa shape index (κ3) is 2.88. The molecule has 126 valence electrons. The van der Waals surface area contributed by atoms with E-state index in [1.54, 1.807) is 29.3 Å². The van der Waals surface area contributed by atoms with Gasteiger partial charge in [-0.25, -0.2) is 0 Å². The van der Waals surface area contributed by atoms with Crippen LogP contribution < -0.4 is 0 Å². The summed E-state index contributed by atoms with van der Waals surface area (Å²) in [4.78, 5) is 18.8. The highest BCUT2D eigenvalue weighted by molar-refractivity contribution is 6.39. The van der Waals surface area contributed by atoms with Crippen LogP contribution in [0.3, 0.4) is 0 Å². The summed E-state index contributed by atoms with van der Waals surface area (Å²) in [5.41, 5.74) is 1.08. The van der Waals surface area contributed by atoms with Gasteiger partial charge >= 0.3 is 0 Å². The second-order valence-corrected chi connectivity index (χ2v) is 6.44. The zero-order valence-corrected chi connectivity index (χ0v) is 14.6. The quantitative estimate of drug-likeness (QED) is 0.691. The van der Waals surface area contributed by atoms with Gasteiger partial charge in [0.15, 0.2) is 11.6 Å². The first-order valence-electron chi connectivity index (χ1n) is 7.72. The normalized spacial score (nSPS) is 13.6. The molecule has 4 rings (SSSR count). The van der Waals surface area contributed by atoms with Gasteiger partial charge in [0.05, 0.1) is 22.2 Å². The Kier molecular flexibility index (Phi) is 4.15. The van der Waals surface area contributed by atoms with E-state index in [1.807, 2.05) is 22.8 Å². The molecule has 1 amide bonds. The van der Waals surface area contributed by atoms with Crippen molar-refractivity contribution in [2.24, 2.45) is 0 Å². The Morgan fingerprint density at radius 1 is 1.00 bits per heavy atom. The molecule has 0 bridgehead atoms. The van der Waals surface area contributed by atoms with Crippen LogP contribution in [-0.2, 0) is 13.1 Å². The summed E-state index contributed by atoms with van der Waals surface area (Å²) in [6, 6.07) is 10.7. The molecule has 3 aromatic rings. The summed E-state index contributed by atoms with van der Waals surface area (Å²) in [6.07, 6.45) is 1.72. The lowest BCUT2D eigenvalue weighted by Crippen LogP contribution is -2.38. The van der Waals surface area contributed by atoms with Gasteiger partial charge in [-0.05, 0) is 24.3 Å². The summed E-state index contributed by atoms with van der Waals surface area (Å²) in [5, 5.41) is 9.14. The molecule has 0 unspecified atom stereocenters. The van der Waals surface area contributed by atoms with E-state index in [9.17, 15) is 4.79 Å². The molecule has 0 spiro atoms. The predicted molar refractivity (Wildman–Crippen MR) is 94.5 cm³/mol. The SMILES string of the molecule is O=C(c1c(Cl)cccc1Cl)N1CCn2c(nnc2-c2ccccn2)C1. The lowest BCUT2D eigenvalue weighted by atomic mass is 10.2. The van der Waals surface area contributed by atoms with Gasteiger partial charge in [-0.1, -0.05) is 35.3 Å². The van der Waals surface area contributed by atoms with Crippen LogP contribution in [-0.4, -0.2) is 37.1 Å². The molecule has 8 heteroatoms. The number of rotatable bonds is 2. The van der Waals surface area contributed by atoms with E-state index in [4.69, 9.17) is 23.2 Å². The smallest absolute Gasteiger partial charge is 0.257 e. The zero-order valence-electron chi connectivity index (χ0n) is 13.1. The number of nitrogens with zero attached hydrogens (tertiary/aromatic N) is 5. The summed E-state index contributed by atoms with van der Waals surface area (Å²) in [7, 11) is 0. The Bertz CT molecular complexity index is 921. The fraction of sp³-hybridized carbons (Fsp3) is 0.176. The number of benzene rings is 1. The minimum atomic E-state index is -0.204. The van der Waals surface area contributed by atoms with E-state index in [2.05, 4.69) is 15.2 Å². The Hall–Kier alpha value is -2.44. The fourth-order valence-corrected chi connectivity index (χ4v) is 3.43. The molecule has 3 heterocycles. The fourth-order valence-electron chi connectivity index (χ4n) is 2.88. The zero-order chi connectivity index (χ0) is 17.4. The van der Waals surface area contributed by atoms with Gasteiger partial charge in [-0.3, -0.25) is 9.78 Å². The molecule has 6 nitrogen and oxygen atoms in total. The number of pyridine rings is 1. The molecule has 1 aliphatic heterocycles. The number of hydrogen-bond acceptors (Lipinski definition) is 4. The topological polar surface area (TPSA) is 63.9 Å². The number of aromatic nitrogens is 4. The Labute approximate surface area is 154 Å². The third-order valence-electron chi connectivity index (χ3n) is 4.11. The molecule has 0 fully saturated rings. The van der Waals surface area contributed by atoms with Crippen molar-refractivity contribution in [2.75, 3.05) is 6.54 Å². The summed E-state index contributed by atoms with van der Waals surface area (Å²) < 4.78 is 1.99. The molecule has 0 saturated carbocycles. The molecule has 2 aromatic heterocycles. The lowest BCUT2D eigenvalue weighted by Gasteiger charge is -2.28. The molecule has 0 saturated heterocycles. The van der Waals surface area contributed by atoms with Crippen molar-refractivity contribution in [3.63, 3.8) is 0 Å². The molecule has 0 N–H and O–H groups in total. The largest absolute Gasteiger partial charge is 0.329 e. The first-order chi connectivity index (χ1) is 12.1. The maximum Gasteiger partial charge on any atom is 0.257 e. The molecule has 0 atom stereocenters. The molecular weight excluding hydrogens is 361 g/mol. The number of carbonyl (C=O) groups is 1. The highest BCUT2D eigenvalue weighted by atomic mass is 35.5. The van der Waals surface area contributed by atoms with Crippen molar-refractivity contribution in [3.8, 4) is 11.5 Å². The van der Waals surface area contributed by atoms with Crippen LogP contribution in [0.25, 0.3) is 11.5 Å². The lowest BCUT2D eigenvalue weighted by molar-refractivity contribution is 0.0708. The van der Waals surface area contributed by atoms with Gasteiger partial charge in [-0.15, -0.1) is 10.2 Å². The summed E-state index contributed by atoms with van der Waals surface area (Å²) in [6.45, 7) is 1.45. The maximum absolute atomic E-state index is 12.8. The van der Waals surface area contributed by atoms with Crippen LogP contribution in [0.5, 0.6) is 0 Å². The van der Waals surface area contributed by atoms with Gasteiger partial charge in [0.1, 0.15) is 5.69 Å². The van der Waals surface area contributed by atoms with Crippen molar-refractivity contribution >= 4 is 29.1 Å². The van der Waals surface area contributed by atoms with Crippen molar-refractivity contribution in [1.82, 2.24) is 24.6 Å². The highest BCUT2D eigenvalue weighted by Gasteiger charge is 2.28. The molecule has 0 aliphatic carbocycles. The molecule has 1 aliphatic rings. The van der Waals surface area contributed by atoms with Crippen molar-refractivity contribution in [3.05, 3.63) is 64.0 Å². The minimum absolute atomic E-state index is 0.204. The molecule has 1 aromatic carbocycles. The summed E-state index contributed by atoms with van der Waals surface area (Å²) in [5.74, 6) is 1.21. The average Bonchev–Trinajstić information content (AvgIpc) is 3.05. The highest BCUT2D eigenvalue weighted by Crippen LogP contribution is 2.27. The van der Waals surface area contributed by atoms with Gasteiger partial charge in [0, 0.05) is 19.3 Å². The van der Waals surface area contributed by atoms with Crippen molar-refractivity contribution in [2.45, 2.75) is 13.1 Å². The first-order valence-corrected chi connectivity index (χ1v) is 8.47. The monoisotopic (exact) mass is 373 g/mol. The maximum atomic E-state index is 12.8. The predicted octanol–water partition coefficient (Wildman–Crippen LogP) is 3.30. The van der Waals surface area contributed by atoms with E-state index in [0.29, 0.717) is 46.9 Å². The standard InChI is InChI=1S/C17H13Cl2N5O/c18-11-4-3-5-12(19)15(11)17(25)23-8-9-24-14(10-23)21-22-16(24)13-6-1-2-7-20-13/h1-7H,8-10H2. The minimum Gasteiger partial charge on any atom is -0.329 e. The van der Waals surface area contributed by atoms with Gasteiger partial charge < -0.3 is 9.47 Å². The van der Waals surface area contributed by atoms with Crippen LogP contribution in [0.1, 0.15) is 16.2 Å². The van der Waals surface area contributed by atoms with Gasteiger partial charge in [0.25, 0.3) is 5.91 Å². The van der Waals surface area contributed by atoms with E-state index >= 15 is 0 Å². The number of halogens is 2. The van der Waals surface area contributed by atoms with E-state index in [1.165, 1.54) is 0 Å². The van der Waals surface area contributed by atoms with Crippen molar-refractivity contribution in [1.29, 1.82) is 0 Å². The van der Waals surface area contributed by atoms with Gasteiger partial charge in [0.2, 0.25) is 0 Å². The van der Waals surface area contributed by atoms with E-state index in [-0.39, 0.29) is 5.91 Å². The van der Waals surface area contributed by atoms with Crippen molar-refractivity contribution < 1.29 is 4.79 Å². The third-order valence-corrected chi connectivity index (χ3v) is 4.74. The number of fused-ring (bicyclic) bond motifs is 1. The van der Waals surface area contributed by atoms with E-state index < -0.39 is 0 Å². The Morgan fingerprint density at radius 3 is 2.52 bits per heavy atom. The van der Waals surface area contributed by atoms with Crippen LogP contribution in [0.4, 0.5) is 0 Å². The number of carbonyl (C=O) groups excluding carboxylic acids is 1. The molecule has 0 radical (unpaired) electrons. The number of amides is 1. The van der Waals surface area contributed by atoms with Gasteiger partial charge in [-0.2, -0.15) is 0 Å². The van der Waals surface area contributed by atoms with Crippen LogP contribution >= 0.6 is 23.2 Å². The molecule has 25 heavy (non-hydrogen) atoms. The second kappa shape index (κ2) is 6.46. The second-order valence-electron chi connectivity index (χ2n) is 5.63. The number of hydrogen-bond donors (Lipinski definition) is 0. The van der Waals surface area contributed by atoms with Crippen LogP contribution in [0.15, 0.2) is 42.6 Å².